The molecule has 0 radical (unpaired) electrons. The number of amides is 1. The second-order valence-corrected chi connectivity index (χ2v) is 4.51. The van der Waals surface area contributed by atoms with Crippen molar-refractivity contribution in [2.45, 2.75) is 25.6 Å². The van der Waals surface area contributed by atoms with Gasteiger partial charge in [-0.3, -0.25) is 4.79 Å². The highest BCUT2D eigenvalue weighted by Crippen LogP contribution is 2.31. The largest absolute Gasteiger partial charge is 0.573 e. The van der Waals surface area contributed by atoms with Gasteiger partial charge >= 0.3 is 6.36 Å². The maximum atomic E-state index is 12.3. The zero-order chi connectivity index (χ0) is 14.6. The molecule has 1 aromatic rings. The van der Waals surface area contributed by atoms with Gasteiger partial charge in [0.15, 0.2) is 5.75 Å². The molecule has 0 heterocycles. The van der Waals surface area contributed by atoms with Crippen molar-refractivity contribution in [1.29, 1.82) is 0 Å². The highest BCUT2D eigenvalue weighted by Gasteiger charge is 2.32. The van der Waals surface area contributed by atoms with Gasteiger partial charge in [-0.25, -0.2) is 0 Å². The van der Waals surface area contributed by atoms with Gasteiger partial charge in [0, 0.05) is 5.92 Å². The number of nitrogens with one attached hydrogen (secondary N) is 1. The van der Waals surface area contributed by atoms with Crippen LogP contribution in [-0.4, -0.2) is 12.3 Å². The summed E-state index contributed by atoms with van der Waals surface area (Å²) in [5, 5.41) is 2.50. The third-order valence-electron chi connectivity index (χ3n) is 3.01. The van der Waals surface area contributed by atoms with E-state index >= 15 is 0 Å². The van der Waals surface area contributed by atoms with Gasteiger partial charge < -0.3 is 10.1 Å². The lowest BCUT2D eigenvalue weighted by Crippen LogP contribution is -2.24. The van der Waals surface area contributed by atoms with E-state index in [2.05, 4.69) is 10.1 Å². The first-order valence-corrected chi connectivity index (χ1v) is 6.26. The number of halogens is 3. The summed E-state index contributed by atoms with van der Waals surface area (Å²) in [6.07, 6.45) is 1.22. The van der Waals surface area contributed by atoms with Gasteiger partial charge in [-0.15, -0.1) is 13.2 Å². The van der Waals surface area contributed by atoms with Crippen LogP contribution in [0.1, 0.15) is 19.3 Å². The molecule has 0 aliphatic heterocycles. The van der Waals surface area contributed by atoms with Gasteiger partial charge in [0.1, 0.15) is 0 Å². The fourth-order valence-electron chi connectivity index (χ4n) is 2.05. The fourth-order valence-corrected chi connectivity index (χ4v) is 2.05. The van der Waals surface area contributed by atoms with Crippen molar-refractivity contribution >= 4 is 11.6 Å². The number of alkyl halides is 3. The summed E-state index contributed by atoms with van der Waals surface area (Å²) in [5.41, 5.74) is 0.0318. The Hall–Kier alpha value is -1.98. The van der Waals surface area contributed by atoms with Crippen molar-refractivity contribution in [2.75, 3.05) is 5.32 Å². The first-order chi connectivity index (χ1) is 9.46. The van der Waals surface area contributed by atoms with E-state index in [-0.39, 0.29) is 17.5 Å². The van der Waals surface area contributed by atoms with Crippen LogP contribution >= 0.6 is 0 Å². The van der Waals surface area contributed by atoms with E-state index in [1.807, 2.05) is 12.2 Å². The number of hydrogen-bond acceptors (Lipinski definition) is 2. The molecule has 0 aromatic heterocycles. The first kappa shape index (κ1) is 14.4. The zero-order valence-corrected chi connectivity index (χ0v) is 10.6. The number of ether oxygens (including phenoxy) is 1. The maximum absolute atomic E-state index is 12.3. The molecule has 0 saturated carbocycles. The normalized spacial score (nSPS) is 18.6. The topological polar surface area (TPSA) is 38.3 Å². The van der Waals surface area contributed by atoms with Crippen LogP contribution in [0.2, 0.25) is 0 Å². The number of benzene rings is 1. The SMILES string of the molecule is O=C(Nc1ccccc1OC(F)(F)F)[C@@H]1CC=CCC1. The minimum atomic E-state index is -4.78. The zero-order valence-electron chi connectivity index (χ0n) is 10.6. The van der Waals surface area contributed by atoms with Gasteiger partial charge in [0.2, 0.25) is 5.91 Å². The van der Waals surface area contributed by atoms with Crippen molar-refractivity contribution in [1.82, 2.24) is 0 Å². The highest BCUT2D eigenvalue weighted by molar-refractivity contribution is 5.94. The van der Waals surface area contributed by atoms with Crippen molar-refractivity contribution in [3.63, 3.8) is 0 Å². The van der Waals surface area contributed by atoms with Crippen molar-refractivity contribution < 1.29 is 22.7 Å². The van der Waals surface area contributed by atoms with Crippen LogP contribution in [0.4, 0.5) is 18.9 Å². The molecule has 1 aliphatic carbocycles. The van der Waals surface area contributed by atoms with Crippen LogP contribution in [0, 0.1) is 5.92 Å². The summed E-state index contributed by atoms with van der Waals surface area (Å²) >= 11 is 0. The molecule has 1 atom stereocenters. The van der Waals surface area contributed by atoms with Gasteiger partial charge in [0.25, 0.3) is 0 Å². The summed E-state index contributed by atoms with van der Waals surface area (Å²) in [6.45, 7) is 0. The second-order valence-electron chi connectivity index (χ2n) is 4.51. The van der Waals surface area contributed by atoms with E-state index in [1.54, 1.807) is 6.07 Å². The number of anilines is 1. The molecule has 1 N–H and O–H groups in total. The number of rotatable bonds is 3. The van der Waals surface area contributed by atoms with Crippen LogP contribution in [0.5, 0.6) is 5.75 Å². The van der Waals surface area contributed by atoms with E-state index in [0.29, 0.717) is 12.8 Å². The van der Waals surface area contributed by atoms with Crippen molar-refractivity contribution in [3.05, 3.63) is 36.4 Å². The van der Waals surface area contributed by atoms with Crippen molar-refractivity contribution in [2.24, 2.45) is 5.92 Å². The Morgan fingerprint density at radius 2 is 2.00 bits per heavy atom. The van der Waals surface area contributed by atoms with E-state index in [1.165, 1.54) is 18.2 Å². The molecule has 0 bridgehead atoms. The summed E-state index contributed by atoms with van der Waals surface area (Å²) < 4.78 is 40.7. The number of carbonyl (C=O) groups is 1. The molecule has 3 nitrogen and oxygen atoms in total. The molecule has 1 aromatic carbocycles. The van der Waals surface area contributed by atoms with Gasteiger partial charge in [-0.2, -0.15) is 0 Å². The maximum Gasteiger partial charge on any atom is 0.573 e. The molecular formula is C14H14F3NO2. The molecule has 0 saturated heterocycles. The second kappa shape index (κ2) is 5.98. The summed E-state index contributed by atoms with van der Waals surface area (Å²) in [4.78, 5) is 12.0. The number of hydrogen-bond donors (Lipinski definition) is 1. The minimum Gasteiger partial charge on any atom is -0.404 e. The van der Waals surface area contributed by atoms with Crippen LogP contribution in [0.3, 0.4) is 0 Å². The number of allylic oxidation sites excluding steroid dienone is 2. The van der Waals surface area contributed by atoms with Crippen LogP contribution in [0.15, 0.2) is 36.4 Å². The third kappa shape index (κ3) is 4.01. The Morgan fingerprint density at radius 1 is 1.25 bits per heavy atom. The Morgan fingerprint density at radius 3 is 2.65 bits per heavy atom. The lowest BCUT2D eigenvalue weighted by atomic mass is 9.93. The van der Waals surface area contributed by atoms with Crippen LogP contribution in [0.25, 0.3) is 0 Å². The molecule has 0 unspecified atom stereocenters. The highest BCUT2D eigenvalue weighted by atomic mass is 19.4. The lowest BCUT2D eigenvalue weighted by Gasteiger charge is -2.19. The van der Waals surface area contributed by atoms with Crippen molar-refractivity contribution in [3.8, 4) is 5.75 Å². The number of para-hydroxylation sites is 2. The minimum absolute atomic E-state index is 0.0318. The fraction of sp³-hybridized carbons (Fsp3) is 0.357. The average Bonchev–Trinajstić information content (AvgIpc) is 2.40. The van der Waals surface area contributed by atoms with E-state index in [9.17, 15) is 18.0 Å². The Bertz CT molecular complexity index is 511. The summed E-state index contributed by atoms with van der Waals surface area (Å²) in [6, 6.07) is 5.52. The molecular weight excluding hydrogens is 271 g/mol. The molecule has 1 aliphatic rings. The Kier molecular flexibility index (Phi) is 4.32. The standard InChI is InChI=1S/C14H14F3NO2/c15-14(16,17)20-12-9-5-4-8-11(12)18-13(19)10-6-2-1-3-7-10/h1-2,4-5,8-10H,3,6-7H2,(H,18,19)/t10-/m1/s1. The molecule has 0 spiro atoms. The van der Waals surface area contributed by atoms with Crippen LogP contribution in [-0.2, 0) is 4.79 Å². The number of carbonyl (C=O) groups excluding carboxylic acids is 1. The quantitative estimate of drug-likeness (QED) is 0.856. The lowest BCUT2D eigenvalue weighted by molar-refractivity contribution is -0.274. The molecule has 0 fully saturated rings. The molecule has 1 amide bonds. The average molecular weight is 285 g/mol. The van der Waals surface area contributed by atoms with Gasteiger partial charge in [-0.1, -0.05) is 24.3 Å². The Labute approximate surface area is 114 Å². The summed E-state index contributed by atoms with van der Waals surface area (Å²) in [5.74, 6) is -0.897. The molecule has 108 valence electrons. The van der Waals surface area contributed by atoms with Crippen LogP contribution < -0.4 is 10.1 Å². The Balaban J connectivity index is 2.08. The molecule has 20 heavy (non-hydrogen) atoms. The predicted molar refractivity (Wildman–Crippen MR) is 68.2 cm³/mol. The van der Waals surface area contributed by atoms with E-state index in [4.69, 9.17) is 0 Å². The van der Waals surface area contributed by atoms with Gasteiger partial charge in [-0.05, 0) is 31.4 Å². The third-order valence-corrected chi connectivity index (χ3v) is 3.01. The predicted octanol–water partition coefficient (Wildman–Crippen LogP) is 3.88. The molecule has 2 rings (SSSR count). The smallest absolute Gasteiger partial charge is 0.404 e. The van der Waals surface area contributed by atoms with E-state index in [0.717, 1.165) is 6.42 Å². The first-order valence-electron chi connectivity index (χ1n) is 6.26. The summed E-state index contributed by atoms with van der Waals surface area (Å²) in [7, 11) is 0. The monoisotopic (exact) mass is 285 g/mol. The molecule has 6 heteroatoms. The van der Waals surface area contributed by atoms with Gasteiger partial charge in [0.05, 0.1) is 5.69 Å². The van der Waals surface area contributed by atoms with E-state index < -0.39 is 12.1 Å².